The van der Waals surface area contributed by atoms with Crippen LogP contribution in [-0.4, -0.2) is 44.2 Å². The molecular formula is C16H24ClN3. The molecule has 0 aliphatic carbocycles. The number of piperidine rings is 1. The fourth-order valence-electron chi connectivity index (χ4n) is 3.66. The maximum Gasteiger partial charge on any atom is 0.0786 e. The van der Waals surface area contributed by atoms with Crippen LogP contribution < -0.4 is 10.2 Å². The van der Waals surface area contributed by atoms with Crippen molar-refractivity contribution in [1.29, 1.82) is 0 Å². The second kappa shape index (κ2) is 5.82. The molecule has 0 aromatic heterocycles. The molecule has 2 fully saturated rings. The third-order valence-electron chi connectivity index (χ3n) is 4.61. The number of nitrogens with one attached hydrogen (secondary N) is 1. The molecule has 0 bridgehead atoms. The first kappa shape index (κ1) is 14.0. The number of hydrogen-bond acceptors (Lipinski definition) is 3. The molecule has 4 heteroatoms. The number of hydrogen-bond donors (Lipinski definition) is 1. The van der Waals surface area contributed by atoms with E-state index in [1.54, 1.807) is 0 Å². The van der Waals surface area contributed by atoms with Gasteiger partial charge in [-0.2, -0.15) is 0 Å². The fourth-order valence-corrected chi connectivity index (χ4v) is 4.01. The van der Waals surface area contributed by atoms with Crippen LogP contribution in [0.2, 0.25) is 5.02 Å². The van der Waals surface area contributed by atoms with Gasteiger partial charge in [0.1, 0.15) is 0 Å². The number of rotatable bonds is 3. The first-order chi connectivity index (χ1) is 9.65. The van der Waals surface area contributed by atoms with Crippen molar-refractivity contribution in [3.63, 3.8) is 0 Å². The Kier molecular flexibility index (Phi) is 4.08. The van der Waals surface area contributed by atoms with Gasteiger partial charge in [-0.1, -0.05) is 17.7 Å². The molecule has 2 atom stereocenters. The van der Waals surface area contributed by atoms with E-state index < -0.39 is 0 Å². The predicted octanol–water partition coefficient (Wildman–Crippen LogP) is 3.44. The summed E-state index contributed by atoms with van der Waals surface area (Å²) in [6.45, 7) is 2.54. The summed E-state index contributed by atoms with van der Waals surface area (Å²) in [5, 5.41) is 4.55. The number of para-hydroxylation sites is 1. The van der Waals surface area contributed by atoms with Crippen molar-refractivity contribution in [2.45, 2.75) is 37.8 Å². The lowest BCUT2D eigenvalue weighted by Crippen LogP contribution is -2.42. The number of halogens is 1. The number of benzene rings is 1. The Balaban J connectivity index is 1.73. The van der Waals surface area contributed by atoms with Crippen LogP contribution >= 0.6 is 11.6 Å². The van der Waals surface area contributed by atoms with Crippen molar-refractivity contribution in [3.8, 4) is 0 Å². The summed E-state index contributed by atoms with van der Waals surface area (Å²) < 4.78 is 0. The highest BCUT2D eigenvalue weighted by atomic mass is 35.5. The summed E-state index contributed by atoms with van der Waals surface area (Å²) in [5.41, 5.74) is 2.27. The van der Waals surface area contributed by atoms with Crippen molar-refractivity contribution < 1.29 is 0 Å². The van der Waals surface area contributed by atoms with Crippen LogP contribution in [0.15, 0.2) is 18.2 Å². The van der Waals surface area contributed by atoms with E-state index in [-0.39, 0.29) is 0 Å². The van der Waals surface area contributed by atoms with E-state index in [9.17, 15) is 0 Å². The lowest BCUT2D eigenvalue weighted by molar-refractivity contribution is 0.188. The minimum Gasteiger partial charge on any atom is -0.380 e. The number of fused-ring (bicyclic) bond motifs is 1. The Morgan fingerprint density at radius 2 is 2.10 bits per heavy atom. The molecule has 2 aliphatic rings. The molecule has 3 nitrogen and oxygen atoms in total. The SMILES string of the molecule is CN(C)c1c(Cl)cccc1NC1CCN2CCCC2C1. The van der Waals surface area contributed by atoms with E-state index >= 15 is 0 Å². The molecule has 2 aliphatic heterocycles. The molecule has 1 aromatic carbocycles. The standard InChI is InChI=1S/C16H24ClN3/c1-19(2)16-14(17)6-3-7-15(16)18-12-8-10-20-9-4-5-13(20)11-12/h3,6-7,12-13,18H,4-5,8-11H2,1-2H3. The number of anilines is 2. The molecule has 110 valence electrons. The maximum absolute atomic E-state index is 6.34. The first-order valence-corrected chi connectivity index (χ1v) is 7.99. The molecule has 2 heterocycles. The molecule has 0 amide bonds. The zero-order valence-electron chi connectivity index (χ0n) is 12.4. The normalized spacial score (nSPS) is 26.4. The molecule has 3 rings (SSSR count). The Bertz CT molecular complexity index is 475. The smallest absolute Gasteiger partial charge is 0.0786 e. The third-order valence-corrected chi connectivity index (χ3v) is 4.92. The fraction of sp³-hybridized carbons (Fsp3) is 0.625. The summed E-state index contributed by atoms with van der Waals surface area (Å²) >= 11 is 6.34. The zero-order valence-corrected chi connectivity index (χ0v) is 13.2. The maximum atomic E-state index is 6.34. The van der Waals surface area contributed by atoms with Crippen LogP contribution in [0.5, 0.6) is 0 Å². The van der Waals surface area contributed by atoms with E-state index in [1.807, 2.05) is 26.2 Å². The predicted molar refractivity (Wildman–Crippen MR) is 87.0 cm³/mol. The number of nitrogens with zero attached hydrogens (tertiary/aromatic N) is 2. The summed E-state index contributed by atoms with van der Waals surface area (Å²) in [5.74, 6) is 0. The van der Waals surface area contributed by atoms with Gasteiger partial charge in [0.2, 0.25) is 0 Å². The van der Waals surface area contributed by atoms with Gasteiger partial charge < -0.3 is 15.1 Å². The molecule has 0 spiro atoms. The lowest BCUT2D eigenvalue weighted by Gasteiger charge is -2.36. The van der Waals surface area contributed by atoms with Gasteiger partial charge in [0.25, 0.3) is 0 Å². The van der Waals surface area contributed by atoms with E-state index in [0.717, 1.165) is 16.8 Å². The van der Waals surface area contributed by atoms with E-state index in [0.29, 0.717) is 6.04 Å². The lowest BCUT2D eigenvalue weighted by atomic mass is 9.97. The summed E-state index contributed by atoms with van der Waals surface area (Å²) in [6.07, 6.45) is 5.24. The summed E-state index contributed by atoms with van der Waals surface area (Å²) in [7, 11) is 4.10. The van der Waals surface area contributed by atoms with Gasteiger partial charge in [-0.05, 0) is 44.4 Å². The van der Waals surface area contributed by atoms with Crippen LogP contribution in [0.4, 0.5) is 11.4 Å². The average Bonchev–Trinajstić information content (AvgIpc) is 2.85. The molecular weight excluding hydrogens is 270 g/mol. The van der Waals surface area contributed by atoms with Gasteiger partial charge in [0.15, 0.2) is 0 Å². The molecule has 0 radical (unpaired) electrons. The van der Waals surface area contributed by atoms with Gasteiger partial charge in [0.05, 0.1) is 16.4 Å². The van der Waals surface area contributed by atoms with Gasteiger partial charge >= 0.3 is 0 Å². The second-order valence-corrected chi connectivity index (χ2v) is 6.64. The monoisotopic (exact) mass is 293 g/mol. The average molecular weight is 294 g/mol. The zero-order chi connectivity index (χ0) is 14.1. The van der Waals surface area contributed by atoms with Crippen LogP contribution in [0, 0.1) is 0 Å². The Labute approximate surface area is 126 Å². The quantitative estimate of drug-likeness (QED) is 0.921. The van der Waals surface area contributed by atoms with E-state index in [2.05, 4.69) is 21.2 Å². The van der Waals surface area contributed by atoms with E-state index in [1.165, 1.54) is 44.5 Å². The highest BCUT2D eigenvalue weighted by Crippen LogP contribution is 2.35. The van der Waals surface area contributed by atoms with Gasteiger partial charge in [-0.3, -0.25) is 0 Å². The molecule has 0 saturated carbocycles. The van der Waals surface area contributed by atoms with Gasteiger partial charge in [0, 0.05) is 32.7 Å². The highest BCUT2D eigenvalue weighted by molar-refractivity contribution is 6.34. The van der Waals surface area contributed by atoms with Crippen molar-refractivity contribution in [2.24, 2.45) is 0 Å². The van der Waals surface area contributed by atoms with Crippen molar-refractivity contribution in [1.82, 2.24) is 4.90 Å². The van der Waals surface area contributed by atoms with E-state index in [4.69, 9.17) is 11.6 Å². The molecule has 2 unspecified atom stereocenters. The van der Waals surface area contributed by atoms with Crippen molar-refractivity contribution in [2.75, 3.05) is 37.4 Å². The van der Waals surface area contributed by atoms with Crippen LogP contribution in [0.1, 0.15) is 25.7 Å². The minimum absolute atomic E-state index is 0.575. The topological polar surface area (TPSA) is 18.5 Å². The Hall–Kier alpha value is -0.930. The summed E-state index contributed by atoms with van der Waals surface area (Å²) in [6, 6.07) is 7.50. The van der Waals surface area contributed by atoms with Gasteiger partial charge in [-0.15, -0.1) is 0 Å². The third kappa shape index (κ3) is 2.75. The molecule has 2 saturated heterocycles. The Morgan fingerprint density at radius 1 is 1.25 bits per heavy atom. The van der Waals surface area contributed by atoms with Crippen LogP contribution in [-0.2, 0) is 0 Å². The summed E-state index contributed by atoms with van der Waals surface area (Å²) in [4.78, 5) is 4.75. The molecule has 20 heavy (non-hydrogen) atoms. The highest BCUT2D eigenvalue weighted by Gasteiger charge is 2.31. The van der Waals surface area contributed by atoms with Gasteiger partial charge in [-0.25, -0.2) is 0 Å². The second-order valence-electron chi connectivity index (χ2n) is 6.23. The minimum atomic E-state index is 0.575. The Morgan fingerprint density at radius 3 is 2.90 bits per heavy atom. The van der Waals surface area contributed by atoms with Crippen LogP contribution in [0.3, 0.4) is 0 Å². The first-order valence-electron chi connectivity index (χ1n) is 7.61. The molecule has 1 aromatic rings. The van der Waals surface area contributed by atoms with Crippen molar-refractivity contribution >= 4 is 23.0 Å². The van der Waals surface area contributed by atoms with Crippen LogP contribution in [0.25, 0.3) is 0 Å². The van der Waals surface area contributed by atoms with Crippen molar-refractivity contribution in [3.05, 3.63) is 23.2 Å². The largest absolute Gasteiger partial charge is 0.380 e. The molecule has 1 N–H and O–H groups in total.